The van der Waals surface area contributed by atoms with Crippen molar-refractivity contribution in [1.82, 2.24) is 10.9 Å². The van der Waals surface area contributed by atoms with Crippen molar-refractivity contribution in [2.24, 2.45) is 5.41 Å². The Morgan fingerprint density at radius 1 is 1.29 bits per heavy atom. The normalized spacial score (nSPS) is 12.6. The molecule has 0 aliphatic heterocycles. The van der Waals surface area contributed by atoms with Gasteiger partial charge in [-0.05, 0) is 17.5 Å². The number of nitriles is 1. The summed E-state index contributed by atoms with van der Waals surface area (Å²) in [4.78, 5) is 11.7. The van der Waals surface area contributed by atoms with Gasteiger partial charge in [0, 0.05) is 5.56 Å². The third-order valence-electron chi connectivity index (χ3n) is 2.36. The van der Waals surface area contributed by atoms with Crippen LogP contribution in [0.2, 0.25) is 0 Å². The summed E-state index contributed by atoms with van der Waals surface area (Å²) in [5.74, 6) is -0.241. The molecule has 0 saturated carbocycles. The van der Waals surface area contributed by atoms with Gasteiger partial charge in [0.2, 0.25) is 0 Å². The van der Waals surface area contributed by atoms with Crippen LogP contribution in [0, 0.1) is 16.7 Å². The van der Waals surface area contributed by atoms with E-state index < -0.39 is 6.04 Å². The van der Waals surface area contributed by atoms with E-state index >= 15 is 0 Å². The third kappa shape index (κ3) is 3.89. The maximum absolute atomic E-state index is 11.7. The monoisotopic (exact) mass is 231 g/mol. The van der Waals surface area contributed by atoms with Crippen LogP contribution < -0.4 is 10.9 Å². The lowest BCUT2D eigenvalue weighted by molar-refractivity contribution is 0.0918. The van der Waals surface area contributed by atoms with Crippen molar-refractivity contribution in [3.8, 4) is 6.07 Å². The molecule has 1 aromatic rings. The predicted molar refractivity (Wildman–Crippen MR) is 65.9 cm³/mol. The molecule has 4 heteroatoms. The molecule has 90 valence electrons. The largest absolute Gasteiger partial charge is 0.286 e. The molecule has 0 aliphatic rings. The van der Waals surface area contributed by atoms with E-state index in [0.29, 0.717) is 5.56 Å². The minimum absolute atomic E-state index is 0.237. The average molecular weight is 231 g/mol. The van der Waals surface area contributed by atoms with Crippen LogP contribution in [-0.4, -0.2) is 11.9 Å². The van der Waals surface area contributed by atoms with Gasteiger partial charge in [0.1, 0.15) is 6.04 Å². The predicted octanol–water partition coefficient (Wildman–Crippen LogP) is 1.86. The van der Waals surface area contributed by atoms with Crippen LogP contribution in [0.4, 0.5) is 0 Å². The maximum Gasteiger partial charge on any atom is 0.265 e. The summed E-state index contributed by atoms with van der Waals surface area (Å²) in [7, 11) is 0. The van der Waals surface area contributed by atoms with E-state index in [1.54, 1.807) is 24.3 Å². The number of carbonyl (C=O) groups is 1. The van der Waals surface area contributed by atoms with Gasteiger partial charge in [-0.2, -0.15) is 5.26 Å². The lowest BCUT2D eigenvalue weighted by atomic mass is 9.88. The zero-order chi connectivity index (χ0) is 12.9. The van der Waals surface area contributed by atoms with Crippen LogP contribution >= 0.6 is 0 Å². The molecule has 0 saturated heterocycles. The Labute approximate surface area is 102 Å². The summed E-state index contributed by atoms with van der Waals surface area (Å²) in [5.41, 5.74) is 5.62. The van der Waals surface area contributed by atoms with Crippen molar-refractivity contribution in [1.29, 1.82) is 5.26 Å². The van der Waals surface area contributed by atoms with Crippen LogP contribution in [0.5, 0.6) is 0 Å². The Hall–Kier alpha value is -1.86. The third-order valence-corrected chi connectivity index (χ3v) is 2.36. The minimum atomic E-state index is -0.435. The summed E-state index contributed by atoms with van der Waals surface area (Å²) in [6, 6.07) is 10.6. The number of nitrogens with one attached hydrogen (secondary N) is 2. The van der Waals surface area contributed by atoms with Crippen LogP contribution in [0.25, 0.3) is 0 Å². The van der Waals surface area contributed by atoms with Crippen LogP contribution in [0.15, 0.2) is 30.3 Å². The Kier molecular flexibility index (Phi) is 4.24. The molecule has 0 radical (unpaired) electrons. The van der Waals surface area contributed by atoms with Crippen LogP contribution in [0.1, 0.15) is 31.1 Å². The van der Waals surface area contributed by atoms with Crippen LogP contribution in [0.3, 0.4) is 0 Å². The second-order valence-corrected chi connectivity index (χ2v) is 4.89. The number of amides is 1. The maximum atomic E-state index is 11.7. The molecule has 1 aromatic carbocycles. The van der Waals surface area contributed by atoms with Crippen molar-refractivity contribution >= 4 is 5.91 Å². The Bertz CT molecular complexity index is 415. The first-order valence-electron chi connectivity index (χ1n) is 5.45. The lowest BCUT2D eigenvalue weighted by Crippen LogP contribution is -2.49. The van der Waals surface area contributed by atoms with Crippen molar-refractivity contribution in [2.75, 3.05) is 0 Å². The first kappa shape index (κ1) is 13.2. The lowest BCUT2D eigenvalue weighted by Gasteiger charge is -2.25. The van der Waals surface area contributed by atoms with Gasteiger partial charge in [-0.15, -0.1) is 0 Å². The highest BCUT2D eigenvalue weighted by molar-refractivity contribution is 5.93. The summed E-state index contributed by atoms with van der Waals surface area (Å²) < 4.78 is 0. The highest BCUT2D eigenvalue weighted by Gasteiger charge is 2.24. The molecule has 0 aromatic heterocycles. The van der Waals surface area contributed by atoms with Crippen LogP contribution in [-0.2, 0) is 0 Å². The van der Waals surface area contributed by atoms with Gasteiger partial charge in [0.25, 0.3) is 5.91 Å². The number of hydrazine groups is 1. The molecule has 4 nitrogen and oxygen atoms in total. The number of hydrogen-bond acceptors (Lipinski definition) is 3. The second-order valence-electron chi connectivity index (χ2n) is 4.89. The molecule has 0 bridgehead atoms. The van der Waals surface area contributed by atoms with E-state index in [4.69, 9.17) is 5.26 Å². The Morgan fingerprint density at radius 3 is 2.35 bits per heavy atom. The standard InChI is InChI=1S/C13H17N3O/c1-13(2,3)11(9-14)15-16-12(17)10-7-5-4-6-8-10/h4-8,11,15H,1-3H3,(H,16,17). The Morgan fingerprint density at radius 2 is 1.88 bits per heavy atom. The quantitative estimate of drug-likeness (QED) is 0.780. The molecule has 0 fully saturated rings. The molecule has 2 N–H and O–H groups in total. The minimum Gasteiger partial charge on any atom is -0.286 e. The van der Waals surface area contributed by atoms with Crippen molar-refractivity contribution < 1.29 is 4.79 Å². The number of hydrogen-bond donors (Lipinski definition) is 2. The number of carbonyl (C=O) groups excluding carboxylic acids is 1. The fraction of sp³-hybridized carbons (Fsp3) is 0.385. The van der Waals surface area contributed by atoms with E-state index in [1.807, 2.05) is 26.8 Å². The zero-order valence-electron chi connectivity index (χ0n) is 10.3. The fourth-order valence-electron chi connectivity index (χ4n) is 1.24. The Balaban J connectivity index is 2.58. The van der Waals surface area contributed by atoms with E-state index in [1.165, 1.54) is 0 Å². The summed E-state index contributed by atoms with van der Waals surface area (Å²) in [5, 5.41) is 8.98. The topological polar surface area (TPSA) is 64.9 Å². The molecule has 1 atom stereocenters. The van der Waals surface area contributed by atoms with E-state index in [0.717, 1.165) is 0 Å². The van der Waals surface area contributed by atoms with Gasteiger partial charge in [-0.25, -0.2) is 5.43 Å². The molecular formula is C13H17N3O. The van der Waals surface area contributed by atoms with Gasteiger partial charge < -0.3 is 0 Å². The van der Waals surface area contributed by atoms with Gasteiger partial charge in [-0.1, -0.05) is 39.0 Å². The summed E-state index contributed by atoms with van der Waals surface area (Å²) in [6.45, 7) is 5.80. The molecule has 1 rings (SSSR count). The average Bonchev–Trinajstić information content (AvgIpc) is 2.29. The molecule has 0 heterocycles. The zero-order valence-corrected chi connectivity index (χ0v) is 10.3. The number of nitrogens with zero attached hydrogens (tertiary/aromatic N) is 1. The number of benzene rings is 1. The van der Waals surface area contributed by atoms with Crippen molar-refractivity contribution in [3.05, 3.63) is 35.9 Å². The van der Waals surface area contributed by atoms with Crippen molar-refractivity contribution in [3.63, 3.8) is 0 Å². The molecular weight excluding hydrogens is 214 g/mol. The SMILES string of the molecule is CC(C)(C)C(C#N)NNC(=O)c1ccccc1. The molecule has 0 spiro atoms. The molecule has 17 heavy (non-hydrogen) atoms. The van der Waals surface area contributed by atoms with E-state index in [-0.39, 0.29) is 11.3 Å². The molecule has 1 amide bonds. The van der Waals surface area contributed by atoms with E-state index in [9.17, 15) is 4.79 Å². The second kappa shape index (κ2) is 5.46. The van der Waals surface area contributed by atoms with Gasteiger partial charge in [0.15, 0.2) is 0 Å². The van der Waals surface area contributed by atoms with Crippen molar-refractivity contribution in [2.45, 2.75) is 26.8 Å². The summed E-state index contributed by atoms with van der Waals surface area (Å²) in [6.07, 6.45) is 0. The van der Waals surface area contributed by atoms with Gasteiger partial charge in [-0.3, -0.25) is 10.2 Å². The smallest absolute Gasteiger partial charge is 0.265 e. The van der Waals surface area contributed by atoms with Gasteiger partial charge >= 0.3 is 0 Å². The fourth-order valence-corrected chi connectivity index (χ4v) is 1.24. The number of rotatable bonds is 3. The first-order chi connectivity index (χ1) is 7.95. The molecule has 1 unspecified atom stereocenters. The van der Waals surface area contributed by atoms with Gasteiger partial charge in [0.05, 0.1) is 6.07 Å². The highest BCUT2D eigenvalue weighted by atomic mass is 16.2. The highest BCUT2D eigenvalue weighted by Crippen LogP contribution is 2.17. The molecule has 0 aliphatic carbocycles. The first-order valence-corrected chi connectivity index (χ1v) is 5.45. The summed E-state index contributed by atoms with van der Waals surface area (Å²) >= 11 is 0. The van der Waals surface area contributed by atoms with E-state index in [2.05, 4.69) is 16.9 Å².